The van der Waals surface area contributed by atoms with Crippen LogP contribution in [0.25, 0.3) is 0 Å². The molecule has 0 radical (unpaired) electrons. The number of thiophene rings is 1. The minimum atomic E-state index is 0.0115. The third-order valence-electron chi connectivity index (χ3n) is 5.05. The number of guanidine groups is 1. The molecule has 0 bridgehead atoms. The van der Waals surface area contributed by atoms with Gasteiger partial charge in [0.25, 0.3) is 0 Å². The van der Waals surface area contributed by atoms with Crippen LogP contribution in [-0.2, 0) is 16.0 Å². The van der Waals surface area contributed by atoms with Gasteiger partial charge in [0.05, 0.1) is 6.61 Å². The Balaban J connectivity index is 2.02. The summed E-state index contributed by atoms with van der Waals surface area (Å²) in [6.07, 6.45) is 0.956. The maximum Gasteiger partial charge on any atom is 0.243 e. The lowest BCUT2D eigenvalue weighted by Crippen LogP contribution is -2.60. The third kappa shape index (κ3) is 6.76. The highest BCUT2D eigenvalue weighted by molar-refractivity contribution is 7.09. The molecule has 1 N–H and O–H groups in total. The Hall–Kier alpha value is -1.64. The van der Waals surface area contributed by atoms with E-state index in [2.05, 4.69) is 51.5 Å². The molecule has 2 heterocycles. The lowest BCUT2D eigenvalue weighted by Gasteiger charge is -2.45. The Morgan fingerprint density at radius 1 is 1.36 bits per heavy atom. The first-order valence-electron chi connectivity index (χ1n) is 9.92. The number of nitrogens with zero attached hydrogens (tertiary/aromatic N) is 4. The largest absolute Gasteiger partial charge is 0.383 e. The van der Waals surface area contributed by atoms with Gasteiger partial charge in [-0.25, -0.2) is 4.99 Å². The van der Waals surface area contributed by atoms with Crippen LogP contribution in [0, 0.1) is 0 Å². The first-order valence-corrected chi connectivity index (χ1v) is 10.8. The van der Waals surface area contributed by atoms with Gasteiger partial charge in [-0.1, -0.05) is 6.07 Å². The molecular formula is C20H35N5O2S. The first kappa shape index (κ1) is 22.6. The number of methoxy groups -OCH3 is 1. The van der Waals surface area contributed by atoms with E-state index in [1.54, 1.807) is 37.4 Å². The van der Waals surface area contributed by atoms with Gasteiger partial charge in [0.1, 0.15) is 6.54 Å². The van der Waals surface area contributed by atoms with E-state index in [9.17, 15) is 4.79 Å². The van der Waals surface area contributed by atoms with Crippen molar-refractivity contribution in [3.63, 3.8) is 0 Å². The van der Waals surface area contributed by atoms with E-state index in [0.29, 0.717) is 12.1 Å². The molecule has 1 fully saturated rings. The fourth-order valence-electron chi connectivity index (χ4n) is 3.47. The van der Waals surface area contributed by atoms with E-state index in [4.69, 9.17) is 4.74 Å². The molecule has 1 saturated heterocycles. The van der Waals surface area contributed by atoms with E-state index < -0.39 is 0 Å². The van der Waals surface area contributed by atoms with Gasteiger partial charge in [-0.15, -0.1) is 11.3 Å². The molecule has 2 atom stereocenters. The second-order valence-electron chi connectivity index (χ2n) is 7.52. The third-order valence-corrected chi connectivity index (χ3v) is 5.99. The van der Waals surface area contributed by atoms with Gasteiger partial charge in [-0.3, -0.25) is 9.69 Å². The first-order chi connectivity index (χ1) is 13.4. The summed E-state index contributed by atoms with van der Waals surface area (Å²) < 4.78 is 5.26. The number of aliphatic imine (C=N–C) groups is 1. The van der Waals surface area contributed by atoms with Crippen molar-refractivity contribution in [2.75, 3.05) is 60.5 Å². The molecule has 0 saturated carbocycles. The highest BCUT2D eigenvalue weighted by Gasteiger charge is 2.30. The predicted octanol–water partition coefficient (Wildman–Crippen LogP) is 1.37. The van der Waals surface area contributed by atoms with Crippen LogP contribution in [-0.4, -0.2) is 99.2 Å². The van der Waals surface area contributed by atoms with E-state index in [-0.39, 0.29) is 12.5 Å². The molecular weight excluding hydrogens is 374 g/mol. The van der Waals surface area contributed by atoms with E-state index in [1.165, 1.54) is 4.88 Å². The molecule has 1 aliphatic rings. The molecule has 8 heteroatoms. The SMILES string of the molecule is COCCN1C(C)CN(C(=NCC(=O)N(C)C)NCCc2cccs2)CC1C. The minimum Gasteiger partial charge on any atom is -0.383 e. The Labute approximate surface area is 173 Å². The molecule has 1 aromatic rings. The summed E-state index contributed by atoms with van der Waals surface area (Å²) in [6.45, 7) is 8.91. The molecule has 158 valence electrons. The van der Waals surface area contributed by atoms with Crippen molar-refractivity contribution < 1.29 is 9.53 Å². The standard InChI is InChI=1S/C20H35N5O2S/c1-16-14-24(15-17(2)25(16)10-11-27-5)20(22-13-19(26)23(3)4)21-9-8-18-7-6-12-28-18/h6-7,12,16-17H,8-11,13-15H2,1-5H3,(H,21,22). The molecule has 1 aliphatic heterocycles. The summed E-state index contributed by atoms with van der Waals surface area (Å²) in [5, 5.41) is 5.59. The predicted molar refractivity (Wildman–Crippen MR) is 116 cm³/mol. The lowest BCUT2D eigenvalue weighted by atomic mass is 10.1. The van der Waals surface area contributed by atoms with Crippen LogP contribution in [0.5, 0.6) is 0 Å². The normalized spacial score (nSPS) is 21.0. The van der Waals surface area contributed by atoms with Crippen LogP contribution in [0.3, 0.4) is 0 Å². The number of ether oxygens (including phenoxy) is 1. The van der Waals surface area contributed by atoms with E-state index in [1.807, 2.05) is 0 Å². The van der Waals surface area contributed by atoms with Crippen LogP contribution in [0.15, 0.2) is 22.5 Å². The molecule has 28 heavy (non-hydrogen) atoms. The summed E-state index contributed by atoms with van der Waals surface area (Å²) in [4.78, 5) is 24.4. The fraction of sp³-hybridized carbons (Fsp3) is 0.700. The molecule has 2 rings (SSSR count). The Kier molecular flexibility index (Phi) is 9.21. The molecule has 1 aromatic heterocycles. The van der Waals surface area contributed by atoms with E-state index in [0.717, 1.165) is 45.2 Å². The van der Waals surface area contributed by atoms with Crippen molar-refractivity contribution >= 4 is 23.2 Å². The van der Waals surface area contributed by atoms with Gasteiger partial charge < -0.3 is 19.9 Å². The summed E-state index contributed by atoms with van der Waals surface area (Å²) >= 11 is 1.77. The number of nitrogens with one attached hydrogen (secondary N) is 1. The van der Waals surface area contributed by atoms with Crippen LogP contribution < -0.4 is 5.32 Å². The van der Waals surface area contributed by atoms with Crippen molar-refractivity contribution in [1.82, 2.24) is 20.0 Å². The van der Waals surface area contributed by atoms with Crippen LogP contribution in [0.2, 0.25) is 0 Å². The average Bonchev–Trinajstić information content (AvgIpc) is 3.16. The summed E-state index contributed by atoms with van der Waals surface area (Å²) in [5.74, 6) is 0.842. The van der Waals surface area contributed by atoms with Gasteiger partial charge in [-0.05, 0) is 31.7 Å². The van der Waals surface area contributed by atoms with E-state index >= 15 is 0 Å². The highest BCUT2D eigenvalue weighted by Crippen LogP contribution is 2.16. The summed E-state index contributed by atoms with van der Waals surface area (Å²) in [6, 6.07) is 5.02. The lowest BCUT2D eigenvalue weighted by molar-refractivity contribution is -0.127. The van der Waals surface area contributed by atoms with Gasteiger partial charge in [0.2, 0.25) is 5.91 Å². The molecule has 0 aliphatic carbocycles. The number of carbonyl (C=O) groups excluding carboxylic acids is 1. The maximum atomic E-state index is 12.0. The summed E-state index contributed by atoms with van der Waals surface area (Å²) in [5.41, 5.74) is 0. The Bertz CT molecular complexity index is 608. The van der Waals surface area contributed by atoms with Crippen molar-refractivity contribution in [2.24, 2.45) is 4.99 Å². The maximum absolute atomic E-state index is 12.0. The smallest absolute Gasteiger partial charge is 0.243 e. The topological polar surface area (TPSA) is 60.4 Å². The van der Waals surface area contributed by atoms with Gasteiger partial charge in [0, 0.05) is 64.3 Å². The van der Waals surface area contributed by atoms with Gasteiger partial charge >= 0.3 is 0 Å². The fourth-order valence-corrected chi connectivity index (χ4v) is 4.18. The number of amides is 1. The van der Waals surface area contributed by atoms with Gasteiger partial charge in [-0.2, -0.15) is 0 Å². The number of rotatable bonds is 8. The monoisotopic (exact) mass is 409 g/mol. The van der Waals surface area contributed by atoms with Crippen LogP contribution >= 0.6 is 11.3 Å². The second kappa shape index (κ2) is 11.4. The number of likely N-dealkylation sites (N-methyl/N-ethyl adjacent to an activating group) is 1. The Morgan fingerprint density at radius 3 is 2.64 bits per heavy atom. The van der Waals surface area contributed by atoms with Gasteiger partial charge in [0.15, 0.2) is 5.96 Å². The minimum absolute atomic E-state index is 0.0115. The molecule has 0 aromatic carbocycles. The molecule has 1 amide bonds. The van der Waals surface area contributed by atoms with Crippen molar-refractivity contribution in [3.05, 3.63) is 22.4 Å². The number of piperazine rings is 1. The quantitative estimate of drug-likeness (QED) is 0.519. The zero-order valence-electron chi connectivity index (χ0n) is 17.9. The highest BCUT2D eigenvalue weighted by atomic mass is 32.1. The van der Waals surface area contributed by atoms with Crippen molar-refractivity contribution in [1.29, 1.82) is 0 Å². The van der Waals surface area contributed by atoms with Crippen LogP contribution in [0.4, 0.5) is 0 Å². The van der Waals surface area contributed by atoms with Crippen molar-refractivity contribution in [2.45, 2.75) is 32.4 Å². The van der Waals surface area contributed by atoms with Crippen molar-refractivity contribution in [3.8, 4) is 0 Å². The zero-order valence-corrected chi connectivity index (χ0v) is 18.7. The Morgan fingerprint density at radius 2 is 2.07 bits per heavy atom. The number of hydrogen-bond acceptors (Lipinski definition) is 5. The number of hydrogen-bond donors (Lipinski definition) is 1. The molecule has 2 unspecified atom stereocenters. The number of carbonyl (C=O) groups is 1. The zero-order chi connectivity index (χ0) is 20.5. The molecule has 0 spiro atoms. The van der Waals surface area contributed by atoms with Crippen LogP contribution in [0.1, 0.15) is 18.7 Å². The average molecular weight is 410 g/mol. The summed E-state index contributed by atoms with van der Waals surface area (Å²) in [7, 11) is 5.27. The second-order valence-corrected chi connectivity index (χ2v) is 8.55. The molecule has 7 nitrogen and oxygen atoms in total.